The molecule has 2 aliphatic rings. The largest absolute Gasteiger partial charge is 0.372 e. The third-order valence-electron chi connectivity index (χ3n) is 4.29. The average molecular weight is 292 g/mol. The van der Waals surface area contributed by atoms with Crippen LogP contribution in [0.2, 0.25) is 0 Å². The van der Waals surface area contributed by atoms with Crippen LogP contribution in [-0.4, -0.2) is 43.3 Å². The molecule has 2 atom stereocenters. The molecule has 1 saturated heterocycles. The first-order valence-electron chi connectivity index (χ1n) is 8.01. The zero-order valence-electron chi connectivity index (χ0n) is 12.7. The zero-order chi connectivity index (χ0) is 14.7. The van der Waals surface area contributed by atoms with Crippen molar-refractivity contribution in [1.82, 2.24) is 10.2 Å². The maximum atomic E-state index is 12.9. The SMILES string of the molecule is CN(Cc1ccc(F)cc1)CC1CCC(CNC2CC2)O1. The van der Waals surface area contributed by atoms with Gasteiger partial charge in [-0.15, -0.1) is 0 Å². The highest BCUT2D eigenvalue weighted by Crippen LogP contribution is 2.23. The molecule has 2 unspecified atom stereocenters. The van der Waals surface area contributed by atoms with E-state index in [9.17, 15) is 4.39 Å². The molecule has 1 aliphatic heterocycles. The van der Waals surface area contributed by atoms with Crippen molar-refractivity contribution in [3.8, 4) is 0 Å². The van der Waals surface area contributed by atoms with E-state index in [1.807, 2.05) is 12.1 Å². The minimum Gasteiger partial charge on any atom is -0.372 e. The topological polar surface area (TPSA) is 24.5 Å². The molecule has 0 bridgehead atoms. The first-order chi connectivity index (χ1) is 10.2. The van der Waals surface area contributed by atoms with Crippen LogP contribution in [0.5, 0.6) is 0 Å². The molecule has 1 saturated carbocycles. The van der Waals surface area contributed by atoms with Gasteiger partial charge in [0.05, 0.1) is 12.2 Å². The van der Waals surface area contributed by atoms with Gasteiger partial charge in [0.1, 0.15) is 5.82 Å². The molecule has 0 aromatic heterocycles. The molecule has 1 aromatic carbocycles. The van der Waals surface area contributed by atoms with Crippen LogP contribution in [0.25, 0.3) is 0 Å². The van der Waals surface area contributed by atoms with E-state index >= 15 is 0 Å². The Hall–Kier alpha value is -0.970. The van der Waals surface area contributed by atoms with Crippen molar-refractivity contribution in [3.63, 3.8) is 0 Å². The minimum absolute atomic E-state index is 0.175. The number of ether oxygens (including phenoxy) is 1. The van der Waals surface area contributed by atoms with Crippen molar-refractivity contribution in [2.45, 2.75) is 50.5 Å². The van der Waals surface area contributed by atoms with Gasteiger partial charge in [0.15, 0.2) is 0 Å². The van der Waals surface area contributed by atoms with Crippen LogP contribution in [0.3, 0.4) is 0 Å². The number of benzene rings is 1. The van der Waals surface area contributed by atoms with Gasteiger partial charge in [0, 0.05) is 25.7 Å². The second-order valence-electron chi connectivity index (χ2n) is 6.46. The lowest BCUT2D eigenvalue weighted by Crippen LogP contribution is -2.32. The monoisotopic (exact) mass is 292 g/mol. The van der Waals surface area contributed by atoms with Crippen LogP contribution in [0, 0.1) is 5.82 Å². The van der Waals surface area contributed by atoms with Gasteiger partial charge in [0.2, 0.25) is 0 Å². The third-order valence-corrected chi connectivity index (χ3v) is 4.29. The summed E-state index contributed by atoms with van der Waals surface area (Å²) in [5.74, 6) is -0.175. The molecular formula is C17H25FN2O. The lowest BCUT2D eigenvalue weighted by Gasteiger charge is -2.21. The van der Waals surface area contributed by atoms with Gasteiger partial charge in [-0.3, -0.25) is 4.90 Å². The molecule has 0 spiro atoms. The Labute approximate surface area is 126 Å². The molecule has 3 nitrogen and oxygen atoms in total. The summed E-state index contributed by atoms with van der Waals surface area (Å²) in [6, 6.07) is 7.51. The Bertz CT molecular complexity index is 447. The van der Waals surface area contributed by atoms with Crippen LogP contribution in [-0.2, 0) is 11.3 Å². The Morgan fingerprint density at radius 1 is 1.14 bits per heavy atom. The molecule has 4 heteroatoms. The fourth-order valence-corrected chi connectivity index (χ4v) is 2.96. The number of rotatable bonds is 7. The first kappa shape index (κ1) is 14.9. The summed E-state index contributed by atoms with van der Waals surface area (Å²) >= 11 is 0. The second-order valence-corrected chi connectivity index (χ2v) is 6.46. The highest BCUT2D eigenvalue weighted by atomic mass is 19.1. The van der Waals surface area contributed by atoms with E-state index in [-0.39, 0.29) is 5.82 Å². The van der Waals surface area contributed by atoms with Gasteiger partial charge in [-0.05, 0) is 50.4 Å². The first-order valence-corrected chi connectivity index (χ1v) is 8.01. The fraction of sp³-hybridized carbons (Fsp3) is 0.647. The van der Waals surface area contributed by atoms with Crippen molar-refractivity contribution in [1.29, 1.82) is 0 Å². The molecule has 1 heterocycles. The lowest BCUT2D eigenvalue weighted by atomic mass is 10.1. The van der Waals surface area contributed by atoms with Gasteiger partial charge >= 0.3 is 0 Å². The van der Waals surface area contributed by atoms with Gasteiger partial charge in [-0.25, -0.2) is 4.39 Å². The molecular weight excluding hydrogens is 267 g/mol. The number of hydrogen-bond acceptors (Lipinski definition) is 3. The molecule has 0 amide bonds. The average Bonchev–Trinajstić information content (AvgIpc) is 3.19. The van der Waals surface area contributed by atoms with Crippen LogP contribution >= 0.6 is 0 Å². The van der Waals surface area contributed by atoms with Gasteiger partial charge in [-0.2, -0.15) is 0 Å². The zero-order valence-corrected chi connectivity index (χ0v) is 12.7. The van der Waals surface area contributed by atoms with Gasteiger partial charge in [-0.1, -0.05) is 12.1 Å². The fourth-order valence-electron chi connectivity index (χ4n) is 2.96. The summed E-state index contributed by atoms with van der Waals surface area (Å²) in [5, 5.41) is 3.54. The highest BCUT2D eigenvalue weighted by molar-refractivity contribution is 5.15. The summed E-state index contributed by atoms with van der Waals surface area (Å²) < 4.78 is 19.0. The van der Waals surface area contributed by atoms with Crippen LogP contribution in [0.15, 0.2) is 24.3 Å². The van der Waals surface area contributed by atoms with E-state index < -0.39 is 0 Å². The van der Waals surface area contributed by atoms with Crippen molar-refractivity contribution in [2.75, 3.05) is 20.1 Å². The summed E-state index contributed by atoms with van der Waals surface area (Å²) in [5.41, 5.74) is 1.14. The Morgan fingerprint density at radius 2 is 1.86 bits per heavy atom. The van der Waals surface area contributed by atoms with Crippen molar-refractivity contribution in [3.05, 3.63) is 35.6 Å². The van der Waals surface area contributed by atoms with E-state index in [0.29, 0.717) is 12.2 Å². The maximum Gasteiger partial charge on any atom is 0.123 e. The molecule has 2 fully saturated rings. The molecule has 21 heavy (non-hydrogen) atoms. The predicted octanol–water partition coefficient (Wildman–Crippen LogP) is 2.56. The van der Waals surface area contributed by atoms with Crippen molar-refractivity contribution < 1.29 is 9.13 Å². The summed E-state index contributed by atoms with van der Waals surface area (Å²) in [4.78, 5) is 2.26. The van der Waals surface area contributed by atoms with Crippen molar-refractivity contribution in [2.24, 2.45) is 0 Å². The van der Waals surface area contributed by atoms with Crippen LogP contribution in [0.4, 0.5) is 4.39 Å². The number of halogens is 1. The molecule has 116 valence electrons. The number of hydrogen-bond donors (Lipinski definition) is 1. The molecule has 1 aromatic rings. The standard InChI is InChI=1S/C17H25FN2O/c1-20(11-13-2-4-14(18)5-3-13)12-17-9-8-16(21-17)10-19-15-6-7-15/h2-5,15-17,19H,6-12H2,1H3. The molecule has 3 rings (SSSR count). The number of nitrogens with zero attached hydrogens (tertiary/aromatic N) is 1. The highest BCUT2D eigenvalue weighted by Gasteiger charge is 2.28. The normalized spacial score (nSPS) is 25.7. The van der Waals surface area contributed by atoms with Gasteiger partial charge in [0.25, 0.3) is 0 Å². The minimum atomic E-state index is -0.175. The van der Waals surface area contributed by atoms with Crippen LogP contribution in [0.1, 0.15) is 31.2 Å². The van der Waals surface area contributed by atoms with Gasteiger partial charge < -0.3 is 10.1 Å². The van der Waals surface area contributed by atoms with Crippen LogP contribution < -0.4 is 5.32 Å². The Kier molecular flexibility index (Phi) is 4.88. The second kappa shape index (κ2) is 6.86. The van der Waals surface area contributed by atoms with E-state index in [1.54, 1.807) is 0 Å². The summed E-state index contributed by atoms with van der Waals surface area (Å²) in [6.07, 6.45) is 5.68. The molecule has 1 N–H and O–H groups in total. The van der Waals surface area contributed by atoms with E-state index in [0.717, 1.165) is 44.1 Å². The van der Waals surface area contributed by atoms with Crippen molar-refractivity contribution >= 4 is 0 Å². The summed E-state index contributed by atoms with van der Waals surface area (Å²) in [6.45, 7) is 2.78. The quantitative estimate of drug-likeness (QED) is 0.836. The smallest absolute Gasteiger partial charge is 0.123 e. The summed E-state index contributed by atoms with van der Waals surface area (Å²) in [7, 11) is 2.10. The van der Waals surface area contributed by atoms with E-state index in [4.69, 9.17) is 4.74 Å². The number of likely N-dealkylation sites (N-methyl/N-ethyl adjacent to an activating group) is 1. The Morgan fingerprint density at radius 3 is 2.57 bits per heavy atom. The van der Waals surface area contributed by atoms with E-state index in [2.05, 4.69) is 17.3 Å². The Balaban J connectivity index is 1.38. The number of nitrogens with one attached hydrogen (secondary N) is 1. The molecule has 0 radical (unpaired) electrons. The predicted molar refractivity (Wildman–Crippen MR) is 81.7 cm³/mol. The molecule has 1 aliphatic carbocycles. The lowest BCUT2D eigenvalue weighted by molar-refractivity contribution is 0.0266. The maximum absolute atomic E-state index is 12.9. The third kappa shape index (κ3) is 4.77. The van der Waals surface area contributed by atoms with E-state index in [1.165, 1.54) is 25.0 Å².